The largest absolute Gasteiger partial charge is 0.345 e. The standard InChI is InChI=1S/C26H31N/c1-4-5-6-7-10-22-11-8-12-23(19-22)24-13-9-14-26(20-24)27(3)25-17-15-21(2)16-18-25/h8-9,11-20H,4-7,10H2,1-3H3. The van der Waals surface area contributed by atoms with E-state index in [4.69, 9.17) is 0 Å². The van der Waals surface area contributed by atoms with Gasteiger partial charge in [-0.25, -0.2) is 0 Å². The Hall–Kier alpha value is -2.54. The van der Waals surface area contributed by atoms with Crippen LogP contribution in [-0.4, -0.2) is 7.05 Å². The Morgan fingerprint density at radius 2 is 1.41 bits per heavy atom. The van der Waals surface area contributed by atoms with E-state index in [1.165, 1.54) is 65.7 Å². The van der Waals surface area contributed by atoms with Gasteiger partial charge in [-0.1, -0.05) is 80.3 Å². The fourth-order valence-corrected chi connectivity index (χ4v) is 3.47. The predicted octanol–water partition coefficient (Wildman–Crippen LogP) is 7.55. The lowest BCUT2D eigenvalue weighted by Gasteiger charge is -2.20. The minimum atomic E-state index is 1.18. The summed E-state index contributed by atoms with van der Waals surface area (Å²) in [7, 11) is 2.13. The average molecular weight is 358 g/mol. The van der Waals surface area contributed by atoms with Crippen molar-refractivity contribution in [1.29, 1.82) is 0 Å². The molecule has 1 nitrogen and oxygen atoms in total. The quantitative estimate of drug-likeness (QED) is 0.376. The van der Waals surface area contributed by atoms with Gasteiger partial charge in [-0.2, -0.15) is 0 Å². The zero-order chi connectivity index (χ0) is 19.1. The van der Waals surface area contributed by atoms with E-state index in [1.807, 2.05) is 0 Å². The second-order valence-corrected chi connectivity index (χ2v) is 7.46. The maximum absolute atomic E-state index is 2.36. The van der Waals surface area contributed by atoms with Crippen LogP contribution in [-0.2, 0) is 6.42 Å². The molecule has 0 aliphatic heterocycles. The number of hydrogen-bond donors (Lipinski definition) is 0. The Kier molecular flexibility index (Phi) is 6.70. The molecule has 0 fully saturated rings. The summed E-state index contributed by atoms with van der Waals surface area (Å²) in [5.74, 6) is 0. The minimum absolute atomic E-state index is 1.18. The molecular formula is C26H31N. The van der Waals surface area contributed by atoms with Crippen molar-refractivity contribution in [3.63, 3.8) is 0 Å². The van der Waals surface area contributed by atoms with Crippen LogP contribution in [0.2, 0.25) is 0 Å². The van der Waals surface area contributed by atoms with Crippen LogP contribution >= 0.6 is 0 Å². The van der Waals surface area contributed by atoms with Crippen LogP contribution in [0.4, 0.5) is 11.4 Å². The molecule has 140 valence electrons. The number of nitrogens with zero attached hydrogens (tertiary/aromatic N) is 1. The highest BCUT2D eigenvalue weighted by Gasteiger charge is 2.06. The summed E-state index contributed by atoms with van der Waals surface area (Å²) >= 11 is 0. The van der Waals surface area contributed by atoms with Crippen LogP contribution in [0.1, 0.15) is 43.7 Å². The van der Waals surface area contributed by atoms with Gasteiger partial charge in [-0.05, 0) is 60.7 Å². The number of unbranched alkanes of at least 4 members (excludes halogenated alkanes) is 3. The number of hydrogen-bond acceptors (Lipinski definition) is 1. The number of aryl methyl sites for hydroxylation is 2. The van der Waals surface area contributed by atoms with Gasteiger partial charge in [0, 0.05) is 18.4 Å². The lowest BCUT2D eigenvalue weighted by Crippen LogP contribution is -2.09. The van der Waals surface area contributed by atoms with E-state index in [1.54, 1.807) is 0 Å². The van der Waals surface area contributed by atoms with Crippen molar-refractivity contribution in [3.05, 3.63) is 83.9 Å². The van der Waals surface area contributed by atoms with Crippen molar-refractivity contribution in [2.45, 2.75) is 46.0 Å². The van der Waals surface area contributed by atoms with Gasteiger partial charge >= 0.3 is 0 Å². The smallest absolute Gasteiger partial charge is 0.0414 e. The predicted molar refractivity (Wildman–Crippen MR) is 119 cm³/mol. The molecule has 0 amide bonds. The van der Waals surface area contributed by atoms with Crippen molar-refractivity contribution in [2.75, 3.05) is 11.9 Å². The highest BCUT2D eigenvalue weighted by atomic mass is 15.1. The molecule has 0 aromatic heterocycles. The molecule has 3 aromatic rings. The van der Waals surface area contributed by atoms with Crippen LogP contribution in [0.15, 0.2) is 72.8 Å². The summed E-state index contributed by atoms with van der Waals surface area (Å²) in [6, 6.07) is 26.6. The Labute approximate surface area is 164 Å². The van der Waals surface area contributed by atoms with Gasteiger partial charge in [0.25, 0.3) is 0 Å². The molecule has 0 atom stereocenters. The van der Waals surface area contributed by atoms with Crippen molar-refractivity contribution in [2.24, 2.45) is 0 Å². The molecule has 0 saturated carbocycles. The first-order chi connectivity index (χ1) is 13.2. The second-order valence-electron chi connectivity index (χ2n) is 7.46. The molecule has 0 unspecified atom stereocenters. The minimum Gasteiger partial charge on any atom is -0.345 e. The molecule has 0 aliphatic rings. The first-order valence-corrected chi connectivity index (χ1v) is 10.2. The fourth-order valence-electron chi connectivity index (χ4n) is 3.47. The molecule has 0 aliphatic carbocycles. The van der Waals surface area contributed by atoms with E-state index in [2.05, 4.69) is 98.6 Å². The molecule has 3 aromatic carbocycles. The highest BCUT2D eigenvalue weighted by Crippen LogP contribution is 2.29. The average Bonchev–Trinajstić information content (AvgIpc) is 2.72. The van der Waals surface area contributed by atoms with E-state index in [0.29, 0.717) is 0 Å². The third-order valence-corrected chi connectivity index (χ3v) is 5.23. The van der Waals surface area contributed by atoms with Crippen LogP contribution in [0.25, 0.3) is 11.1 Å². The molecule has 0 N–H and O–H groups in total. The van der Waals surface area contributed by atoms with Crippen LogP contribution < -0.4 is 4.90 Å². The van der Waals surface area contributed by atoms with Crippen molar-refractivity contribution < 1.29 is 0 Å². The van der Waals surface area contributed by atoms with Crippen molar-refractivity contribution >= 4 is 11.4 Å². The third-order valence-electron chi connectivity index (χ3n) is 5.23. The monoisotopic (exact) mass is 357 g/mol. The molecule has 0 radical (unpaired) electrons. The zero-order valence-electron chi connectivity index (χ0n) is 16.9. The maximum Gasteiger partial charge on any atom is 0.0414 e. The van der Waals surface area contributed by atoms with Crippen molar-refractivity contribution in [3.8, 4) is 11.1 Å². The lowest BCUT2D eigenvalue weighted by atomic mass is 9.99. The lowest BCUT2D eigenvalue weighted by molar-refractivity contribution is 0.667. The Bertz CT molecular complexity index is 848. The van der Waals surface area contributed by atoms with Gasteiger partial charge in [0.2, 0.25) is 0 Å². The SMILES string of the molecule is CCCCCCc1cccc(-c2cccc(N(C)c3ccc(C)cc3)c2)c1. The van der Waals surface area contributed by atoms with E-state index in [-0.39, 0.29) is 0 Å². The summed E-state index contributed by atoms with van der Waals surface area (Å²) in [6.07, 6.45) is 6.43. The first-order valence-electron chi connectivity index (χ1n) is 10.2. The van der Waals surface area contributed by atoms with Gasteiger partial charge in [-0.15, -0.1) is 0 Å². The molecule has 0 bridgehead atoms. The van der Waals surface area contributed by atoms with E-state index in [9.17, 15) is 0 Å². The van der Waals surface area contributed by atoms with E-state index in [0.717, 1.165) is 0 Å². The normalized spacial score (nSPS) is 10.8. The highest BCUT2D eigenvalue weighted by molar-refractivity contribution is 5.72. The summed E-state index contributed by atoms with van der Waals surface area (Å²) in [5.41, 5.74) is 7.74. The summed E-state index contributed by atoms with van der Waals surface area (Å²) in [5, 5.41) is 0. The first kappa shape index (κ1) is 19.2. The molecule has 0 spiro atoms. The Balaban J connectivity index is 1.78. The Morgan fingerprint density at radius 3 is 2.15 bits per heavy atom. The molecule has 0 heterocycles. The Morgan fingerprint density at radius 1 is 0.704 bits per heavy atom. The van der Waals surface area contributed by atoms with Crippen LogP contribution in [0.5, 0.6) is 0 Å². The van der Waals surface area contributed by atoms with Crippen LogP contribution in [0, 0.1) is 6.92 Å². The van der Waals surface area contributed by atoms with Gasteiger partial charge in [0.15, 0.2) is 0 Å². The van der Waals surface area contributed by atoms with Gasteiger partial charge < -0.3 is 4.90 Å². The number of anilines is 2. The maximum atomic E-state index is 2.36. The van der Waals surface area contributed by atoms with Gasteiger partial charge in [0.1, 0.15) is 0 Å². The van der Waals surface area contributed by atoms with E-state index >= 15 is 0 Å². The number of benzene rings is 3. The molecular weight excluding hydrogens is 326 g/mol. The summed E-state index contributed by atoms with van der Waals surface area (Å²) in [4.78, 5) is 2.25. The third kappa shape index (κ3) is 5.23. The summed E-state index contributed by atoms with van der Waals surface area (Å²) < 4.78 is 0. The molecule has 0 saturated heterocycles. The van der Waals surface area contributed by atoms with Crippen molar-refractivity contribution in [1.82, 2.24) is 0 Å². The molecule has 3 rings (SSSR count). The summed E-state index contributed by atoms with van der Waals surface area (Å²) in [6.45, 7) is 4.39. The molecule has 1 heteroatoms. The van der Waals surface area contributed by atoms with Crippen LogP contribution in [0.3, 0.4) is 0 Å². The fraction of sp³-hybridized carbons (Fsp3) is 0.308. The van der Waals surface area contributed by atoms with Gasteiger partial charge in [-0.3, -0.25) is 0 Å². The van der Waals surface area contributed by atoms with Gasteiger partial charge in [0.05, 0.1) is 0 Å². The molecule has 27 heavy (non-hydrogen) atoms. The van der Waals surface area contributed by atoms with E-state index < -0.39 is 0 Å². The second kappa shape index (κ2) is 9.41. The number of rotatable bonds is 8. The zero-order valence-corrected chi connectivity index (χ0v) is 16.9. The topological polar surface area (TPSA) is 3.24 Å².